The minimum absolute atomic E-state index is 0.123. The normalized spacial score (nSPS) is 16.0. The van der Waals surface area contributed by atoms with Crippen LogP contribution in [0.15, 0.2) is 59.7 Å². The van der Waals surface area contributed by atoms with E-state index in [1.54, 1.807) is 4.90 Å². The third-order valence-corrected chi connectivity index (χ3v) is 4.83. The van der Waals surface area contributed by atoms with E-state index in [-0.39, 0.29) is 17.9 Å². The number of ether oxygens (including phenoxy) is 1. The molecule has 2 amide bonds. The van der Waals surface area contributed by atoms with E-state index in [0.29, 0.717) is 38.0 Å². The number of benzene rings is 1. The number of carbonyl (C=O) groups excluding carboxylic acids is 2. The first kappa shape index (κ1) is 20.8. The highest BCUT2D eigenvalue weighted by atomic mass is 16.6. The van der Waals surface area contributed by atoms with Gasteiger partial charge in [0.2, 0.25) is 0 Å². The van der Waals surface area contributed by atoms with Crippen LogP contribution in [0.3, 0.4) is 0 Å². The number of hydrogen-bond acceptors (Lipinski definition) is 3. The summed E-state index contributed by atoms with van der Waals surface area (Å²) in [6.07, 6.45) is 2.83. The van der Waals surface area contributed by atoms with Crippen molar-refractivity contribution in [2.24, 2.45) is 10.9 Å². The van der Waals surface area contributed by atoms with Crippen LogP contribution in [0.1, 0.15) is 39.2 Å². The molecule has 1 aliphatic rings. The van der Waals surface area contributed by atoms with Crippen molar-refractivity contribution in [3.63, 3.8) is 0 Å². The Morgan fingerprint density at radius 2 is 1.69 bits per heavy atom. The summed E-state index contributed by atoms with van der Waals surface area (Å²) in [5.74, 6) is -0.291. The van der Waals surface area contributed by atoms with E-state index in [1.807, 2.05) is 67.9 Å². The van der Waals surface area contributed by atoms with Crippen molar-refractivity contribution in [3.05, 3.63) is 65.8 Å². The van der Waals surface area contributed by atoms with Crippen molar-refractivity contribution < 1.29 is 14.3 Å². The van der Waals surface area contributed by atoms with Crippen molar-refractivity contribution in [2.45, 2.75) is 45.8 Å². The van der Waals surface area contributed by atoms with E-state index in [1.165, 1.54) is 0 Å². The number of rotatable bonds is 3. The molecule has 3 rings (SSSR count). The lowest BCUT2D eigenvalue weighted by Gasteiger charge is -2.32. The van der Waals surface area contributed by atoms with Gasteiger partial charge < -0.3 is 14.2 Å². The van der Waals surface area contributed by atoms with Gasteiger partial charge in [-0.25, -0.2) is 4.79 Å². The molecule has 0 spiro atoms. The number of aromatic nitrogens is 1. The van der Waals surface area contributed by atoms with Crippen molar-refractivity contribution >= 4 is 12.0 Å². The van der Waals surface area contributed by atoms with E-state index >= 15 is 0 Å². The zero-order chi connectivity index (χ0) is 20.9. The first-order valence-corrected chi connectivity index (χ1v) is 10.1. The SMILES string of the molecule is CC(C)(C)OC(=O)N1CCC(C(=O)N=c2ccccn2Cc2ccccc2)CC1. The molecule has 0 unspecified atom stereocenters. The molecule has 1 saturated heterocycles. The van der Waals surface area contributed by atoms with Crippen molar-refractivity contribution in [2.75, 3.05) is 13.1 Å². The van der Waals surface area contributed by atoms with Gasteiger partial charge in [-0.2, -0.15) is 4.99 Å². The van der Waals surface area contributed by atoms with E-state index in [9.17, 15) is 9.59 Å². The summed E-state index contributed by atoms with van der Waals surface area (Å²) in [7, 11) is 0. The fourth-order valence-electron chi connectivity index (χ4n) is 3.32. The lowest BCUT2D eigenvalue weighted by atomic mass is 9.96. The molecule has 0 bridgehead atoms. The molecule has 6 heteroatoms. The molecule has 0 saturated carbocycles. The van der Waals surface area contributed by atoms with Crippen LogP contribution in [0.25, 0.3) is 0 Å². The summed E-state index contributed by atoms with van der Waals surface area (Å²) in [5, 5.41) is 0. The smallest absolute Gasteiger partial charge is 0.410 e. The first-order valence-electron chi connectivity index (χ1n) is 10.1. The minimum Gasteiger partial charge on any atom is -0.444 e. The van der Waals surface area contributed by atoms with Crippen molar-refractivity contribution in [1.82, 2.24) is 9.47 Å². The van der Waals surface area contributed by atoms with Crippen LogP contribution in [0.4, 0.5) is 4.79 Å². The third kappa shape index (κ3) is 6.04. The van der Waals surface area contributed by atoms with Crippen LogP contribution in [0.2, 0.25) is 0 Å². The minimum atomic E-state index is -0.515. The van der Waals surface area contributed by atoms with Crippen LogP contribution in [0, 0.1) is 5.92 Å². The number of hydrogen-bond donors (Lipinski definition) is 0. The predicted octanol–water partition coefficient (Wildman–Crippen LogP) is 3.61. The Labute approximate surface area is 171 Å². The Kier molecular flexibility index (Phi) is 6.52. The second-order valence-corrected chi connectivity index (χ2v) is 8.36. The Balaban J connectivity index is 1.65. The van der Waals surface area contributed by atoms with Crippen LogP contribution in [0.5, 0.6) is 0 Å². The van der Waals surface area contributed by atoms with Gasteiger partial charge in [0.15, 0.2) is 0 Å². The standard InChI is InChI=1S/C23H29N3O3/c1-23(2,3)29-22(28)25-15-12-19(13-16-25)21(27)24-20-11-7-8-14-26(20)17-18-9-5-4-6-10-18/h4-11,14,19H,12-13,15-17H2,1-3H3. The maximum atomic E-state index is 12.8. The fourth-order valence-corrected chi connectivity index (χ4v) is 3.32. The Morgan fingerprint density at radius 3 is 2.34 bits per heavy atom. The van der Waals surface area contributed by atoms with Crippen LogP contribution < -0.4 is 5.49 Å². The maximum Gasteiger partial charge on any atom is 0.410 e. The molecule has 2 heterocycles. The van der Waals surface area contributed by atoms with Crippen LogP contribution in [-0.4, -0.2) is 40.2 Å². The van der Waals surface area contributed by atoms with Gasteiger partial charge in [-0.3, -0.25) is 4.79 Å². The summed E-state index contributed by atoms with van der Waals surface area (Å²) >= 11 is 0. The summed E-state index contributed by atoms with van der Waals surface area (Å²) < 4.78 is 7.39. The molecule has 1 aromatic carbocycles. The van der Waals surface area contributed by atoms with Gasteiger partial charge in [-0.1, -0.05) is 36.4 Å². The maximum absolute atomic E-state index is 12.8. The van der Waals surface area contributed by atoms with E-state index < -0.39 is 5.60 Å². The quantitative estimate of drug-likeness (QED) is 0.797. The van der Waals surface area contributed by atoms with E-state index in [4.69, 9.17) is 4.74 Å². The highest BCUT2D eigenvalue weighted by Crippen LogP contribution is 2.20. The summed E-state index contributed by atoms with van der Waals surface area (Å²) in [5.41, 5.74) is 1.29. The molecule has 1 aliphatic heterocycles. The molecule has 0 radical (unpaired) electrons. The molecule has 0 aliphatic carbocycles. The Bertz CT molecular complexity index is 905. The van der Waals surface area contributed by atoms with Crippen molar-refractivity contribution in [3.8, 4) is 0 Å². The molecule has 154 valence electrons. The first-order chi connectivity index (χ1) is 13.8. The monoisotopic (exact) mass is 395 g/mol. The molecular formula is C23H29N3O3. The lowest BCUT2D eigenvalue weighted by molar-refractivity contribution is -0.123. The van der Waals surface area contributed by atoms with Gasteiger partial charge in [0.05, 0.1) is 0 Å². The molecule has 0 N–H and O–H groups in total. The highest BCUT2D eigenvalue weighted by molar-refractivity contribution is 5.80. The second-order valence-electron chi connectivity index (χ2n) is 8.36. The van der Waals surface area contributed by atoms with Crippen LogP contribution >= 0.6 is 0 Å². The average Bonchev–Trinajstić information content (AvgIpc) is 2.69. The van der Waals surface area contributed by atoms with Gasteiger partial charge >= 0.3 is 6.09 Å². The molecule has 0 atom stereocenters. The number of pyridine rings is 1. The van der Waals surface area contributed by atoms with E-state index in [0.717, 1.165) is 5.56 Å². The number of amides is 2. The fraction of sp³-hybridized carbons (Fsp3) is 0.435. The summed E-state index contributed by atoms with van der Waals surface area (Å²) in [6.45, 7) is 7.24. The number of carbonyl (C=O) groups is 2. The highest BCUT2D eigenvalue weighted by Gasteiger charge is 2.29. The predicted molar refractivity (Wildman–Crippen MR) is 111 cm³/mol. The Hall–Kier alpha value is -2.89. The number of likely N-dealkylation sites (tertiary alicyclic amines) is 1. The number of nitrogens with zero attached hydrogens (tertiary/aromatic N) is 3. The molecule has 6 nitrogen and oxygen atoms in total. The zero-order valence-electron chi connectivity index (χ0n) is 17.4. The second kappa shape index (κ2) is 9.07. The largest absolute Gasteiger partial charge is 0.444 e. The average molecular weight is 396 g/mol. The van der Waals surface area contributed by atoms with Gasteiger partial charge in [0.25, 0.3) is 5.91 Å². The third-order valence-electron chi connectivity index (χ3n) is 4.83. The summed E-state index contributed by atoms with van der Waals surface area (Å²) in [6, 6.07) is 15.8. The Morgan fingerprint density at radius 1 is 1.03 bits per heavy atom. The van der Waals surface area contributed by atoms with Crippen LogP contribution in [-0.2, 0) is 16.1 Å². The van der Waals surface area contributed by atoms with Gasteiger partial charge in [0, 0.05) is 31.7 Å². The zero-order valence-corrected chi connectivity index (χ0v) is 17.4. The van der Waals surface area contributed by atoms with E-state index in [2.05, 4.69) is 17.1 Å². The molecular weight excluding hydrogens is 366 g/mol. The van der Waals surface area contributed by atoms with Crippen molar-refractivity contribution in [1.29, 1.82) is 0 Å². The molecule has 1 fully saturated rings. The van der Waals surface area contributed by atoms with Gasteiger partial charge in [0.1, 0.15) is 11.1 Å². The molecule has 1 aromatic heterocycles. The number of piperidine rings is 1. The summed E-state index contributed by atoms with van der Waals surface area (Å²) in [4.78, 5) is 31.0. The molecule has 29 heavy (non-hydrogen) atoms. The lowest BCUT2D eigenvalue weighted by Crippen LogP contribution is -2.43. The van der Waals surface area contributed by atoms with Gasteiger partial charge in [-0.15, -0.1) is 0 Å². The van der Waals surface area contributed by atoms with Gasteiger partial charge in [-0.05, 0) is 51.3 Å². The molecule has 2 aromatic rings. The topological polar surface area (TPSA) is 63.9 Å².